The highest BCUT2D eigenvalue weighted by Crippen LogP contribution is 2.40. The molecule has 0 bridgehead atoms. The zero-order valence-corrected chi connectivity index (χ0v) is 16.1. The quantitative estimate of drug-likeness (QED) is 0.707. The summed E-state index contributed by atoms with van der Waals surface area (Å²) in [5.41, 5.74) is 4.30. The molecular weight excluding hydrogens is 363 g/mol. The van der Waals surface area contributed by atoms with Gasteiger partial charge in [-0.1, -0.05) is 48.0 Å². The maximum absolute atomic E-state index is 6.23. The number of fused-ring (bicyclic) bond motifs is 3. The third kappa shape index (κ3) is 3.58. The lowest BCUT2D eigenvalue weighted by Crippen LogP contribution is -2.50. The molecule has 2 aliphatic rings. The minimum atomic E-state index is 0. The van der Waals surface area contributed by atoms with Crippen LogP contribution in [0.3, 0.4) is 0 Å². The summed E-state index contributed by atoms with van der Waals surface area (Å²) in [5.74, 6) is 0.426. The number of nitrogens with zero attached hydrogens (tertiary/aromatic N) is 2. The molecule has 4 rings (SSSR count). The second kappa shape index (κ2) is 8.07. The van der Waals surface area contributed by atoms with Gasteiger partial charge >= 0.3 is 0 Å². The van der Waals surface area contributed by atoms with Gasteiger partial charge in [0.25, 0.3) is 0 Å². The number of hydrogen-bond donors (Lipinski definition) is 0. The van der Waals surface area contributed by atoms with Crippen molar-refractivity contribution in [3.8, 4) is 0 Å². The Hall–Kier alpha value is -0.770. The number of hydrogen-bond acceptors (Lipinski definition) is 2. The molecule has 2 aromatic rings. The Balaban J connectivity index is 0.00000104. The Bertz CT molecular complexity index is 692. The second-order valence-corrected chi connectivity index (χ2v) is 6.95. The monoisotopic (exact) mass is 384 g/mol. The Morgan fingerprint density at radius 2 is 1.67 bits per heavy atom. The van der Waals surface area contributed by atoms with Gasteiger partial charge in [0.05, 0.1) is 0 Å². The summed E-state index contributed by atoms with van der Waals surface area (Å²) in [6.07, 6.45) is 0. The van der Waals surface area contributed by atoms with Crippen molar-refractivity contribution in [2.75, 3.05) is 33.2 Å². The van der Waals surface area contributed by atoms with Crippen molar-refractivity contribution in [1.29, 1.82) is 0 Å². The topological polar surface area (TPSA) is 6.48 Å². The summed E-state index contributed by atoms with van der Waals surface area (Å²) in [6.45, 7) is 4.52. The highest BCUT2D eigenvalue weighted by Gasteiger charge is 2.36. The van der Waals surface area contributed by atoms with Gasteiger partial charge in [0.15, 0.2) is 0 Å². The van der Waals surface area contributed by atoms with Crippen molar-refractivity contribution >= 4 is 36.4 Å². The minimum absolute atomic E-state index is 0. The molecule has 130 valence electrons. The average molecular weight is 386 g/mol. The zero-order valence-electron chi connectivity index (χ0n) is 13.7. The lowest BCUT2D eigenvalue weighted by atomic mass is 9.80. The van der Waals surface area contributed by atoms with E-state index in [4.69, 9.17) is 11.6 Å². The lowest BCUT2D eigenvalue weighted by molar-refractivity contribution is 0.0772. The maximum atomic E-state index is 6.23. The fourth-order valence-corrected chi connectivity index (χ4v) is 4.14. The summed E-state index contributed by atoms with van der Waals surface area (Å²) in [5, 5.41) is 0.829. The molecule has 0 N–H and O–H groups in total. The molecular formula is C19H23Cl3N2. The van der Waals surface area contributed by atoms with Crippen molar-refractivity contribution in [1.82, 2.24) is 9.80 Å². The van der Waals surface area contributed by atoms with E-state index in [0.29, 0.717) is 12.0 Å². The molecule has 0 amide bonds. The van der Waals surface area contributed by atoms with E-state index in [1.54, 1.807) is 0 Å². The van der Waals surface area contributed by atoms with Gasteiger partial charge in [-0.05, 0) is 35.9 Å². The zero-order chi connectivity index (χ0) is 15.1. The molecule has 0 unspecified atom stereocenters. The van der Waals surface area contributed by atoms with E-state index >= 15 is 0 Å². The summed E-state index contributed by atoms with van der Waals surface area (Å²) < 4.78 is 0. The van der Waals surface area contributed by atoms with Gasteiger partial charge in [-0.2, -0.15) is 0 Å². The fourth-order valence-electron chi connectivity index (χ4n) is 3.94. The van der Waals surface area contributed by atoms with Crippen LogP contribution in [0.1, 0.15) is 28.7 Å². The molecule has 1 saturated heterocycles. The molecule has 2 aromatic carbocycles. The molecule has 2 aliphatic heterocycles. The number of piperazine rings is 1. The van der Waals surface area contributed by atoms with E-state index < -0.39 is 0 Å². The highest BCUT2D eigenvalue weighted by atomic mass is 35.5. The standard InChI is InChI=1S/C19H21ClN2.2ClH/c1-21-9-10-22-12-18(14-5-4-6-15(20)11-14)16-7-2-3-8-17(16)19(22)13-21;;/h2-8,11,18-19H,9-10,12-13H2,1H3;2*1H/t18-,19+;;/m0../s1. The van der Waals surface area contributed by atoms with Gasteiger partial charge in [0.2, 0.25) is 0 Å². The summed E-state index contributed by atoms with van der Waals surface area (Å²) in [7, 11) is 2.23. The fraction of sp³-hybridized carbons (Fsp3) is 0.368. The Morgan fingerprint density at radius 3 is 2.42 bits per heavy atom. The van der Waals surface area contributed by atoms with Crippen LogP contribution in [-0.4, -0.2) is 43.0 Å². The van der Waals surface area contributed by atoms with Crippen molar-refractivity contribution in [3.05, 3.63) is 70.2 Å². The predicted molar refractivity (Wildman–Crippen MR) is 106 cm³/mol. The maximum Gasteiger partial charge on any atom is 0.0478 e. The molecule has 1 fully saturated rings. The summed E-state index contributed by atoms with van der Waals surface area (Å²) in [4.78, 5) is 5.09. The first-order valence-corrected chi connectivity index (χ1v) is 8.37. The number of rotatable bonds is 1. The third-order valence-corrected chi connectivity index (χ3v) is 5.33. The van der Waals surface area contributed by atoms with Crippen molar-refractivity contribution in [3.63, 3.8) is 0 Å². The highest BCUT2D eigenvalue weighted by molar-refractivity contribution is 6.30. The smallest absolute Gasteiger partial charge is 0.0478 e. The van der Waals surface area contributed by atoms with Crippen molar-refractivity contribution < 1.29 is 0 Å². The number of likely N-dealkylation sites (N-methyl/N-ethyl adjacent to an activating group) is 1. The van der Waals surface area contributed by atoms with E-state index in [1.165, 1.54) is 16.7 Å². The van der Waals surface area contributed by atoms with Crippen LogP contribution in [0.25, 0.3) is 0 Å². The third-order valence-electron chi connectivity index (χ3n) is 5.09. The van der Waals surface area contributed by atoms with Gasteiger partial charge in [-0.25, -0.2) is 0 Å². The van der Waals surface area contributed by atoms with E-state index in [0.717, 1.165) is 31.2 Å². The van der Waals surface area contributed by atoms with Crippen LogP contribution in [0.15, 0.2) is 48.5 Å². The Kier molecular flexibility index (Phi) is 6.58. The molecule has 0 aliphatic carbocycles. The minimum Gasteiger partial charge on any atom is -0.303 e. The molecule has 0 spiro atoms. The summed E-state index contributed by atoms with van der Waals surface area (Å²) in [6, 6.07) is 17.8. The van der Waals surface area contributed by atoms with Crippen LogP contribution in [0.2, 0.25) is 5.02 Å². The van der Waals surface area contributed by atoms with Crippen LogP contribution in [0.4, 0.5) is 0 Å². The van der Waals surface area contributed by atoms with Gasteiger partial charge in [-0.3, -0.25) is 4.90 Å². The van der Waals surface area contributed by atoms with Gasteiger partial charge in [-0.15, -0.1) is 24.8 Å². The van der Waals surface area contributed by atoms with Gasteiger partial charge in [0.1, 0.15) is 0 Å². The van der Waals surface area contributed by atoms with E-state index in [2.05, 4.69) is 59.3 Å². The molecule has 0 aromatic heterocycles. The molecule has 2 atom stereocenters. The normalized spacial score (nSPS) is 23.4. The Labute approximate surface area is 161 Å². The van der Waals surface area contributed by atoms with Crippen LogP contribution < -0.4 is 0 Å². The largest absolute Gasteiger partial charge is 0.303 e. The lowest BCUT2D eigenvalue weighted by Gasteiger charge is -2.46. The summed E-state index contributed by atoms with van der Waals surface area (Å²) >= 11 is 6.23. The Morgan fingerprint density at radius 1 is 0.917 bits per heavy atom. The second-order valence-electron chi connectivity index (χ2n) is 6.51. The van der Waals surface area contributed by atoms with Crippen molar-refractivity contribution in [2.24, 2.45) is 0 Å². The number of halogens is 3. The van der Waals surface area contributed by atoms with E-state index in [9.17, 15) is 0 Å². The van der Waals surface area contributed by atoms with Crippen molar-refractivity contribution in [2.45, 2.75) is 12.0 Å². The first kappa shape index (κ1) is 19.6. The van der Waals surface area contributed by atoms with E-state index in [1.807, 2.05) is 6.07 Å². The van der Waals surface area contributed by atoms with Crippen LogP contribution in [0.5, 0.6) is 0 Å². The predicted octanol–water partition coefficient (Wildman–Crippen LogP) is 4.62. The molecule has 5 heteroatoms. The SMILES string of the molecule is CN1CCN2C[C@@H](c3cccc(Cl)c3)c3ccccc3[C@H]2C1.Cl.Cl. The molecule has 24 heavy (non-hydrogen) atoms. The molecule has 0 radical (unpaired) electrons. The molecule has 0 saturated carbocycles. The van der Waals surface area contributed by atoms with Crippen LogP contribution in [-0.2, 0) is 0 Å². The molecule has 2 heterocycles. The molecule has 2 nitrogen and oxygen atoms in total. The first-order chi connectivity index (χ1) is 10.7. The van der Waals surface area contributed by atoms with Gasteiger partial charge in [0, 0.05) is 43.2 Å². The van der Waals surface area contributed by atoms with Gasteiger partial charge < -0.3 is 4.90 Å². The van der Waals surface area contributed by atoms with E-state index in [-0.39, 0.29) is 24.8 Å². The average Bonchev–Trinajstić information content (AvgIpc) is 2.54. The van der Waals surface area contributed by atoms with Crippen LogP contribution >= 0.6 is 36.4 Å². The number of benzene rings is 2. The first-order valence-electron chi connectivity index (χ1n) is 7.99. The van der Waals surface area contributed by atoms with Crippen LogP contribution in [0, 0.1) is 0 Å².